The largest absolute Gasteiger partial charge is 0.385 e. The normalized spacial score (nSPS) is 12.4. The van der Waals surface area contributed by atoms with Crippen molar-refractivity contribution in [2.75, 3.05) is 13.7 Å². The van der Waals surface area contributed by atoms with Crippen LogP contribution in [0.2, 0.25) is 0 Å². The van der Waals surface area contributed by atoms with E-state index in [-0.39, 0.29) is 5.91 Å². The first-order chi connectivity index (χ1) is 7.65. The van der Waals surface area contributed by atoms with Crippen LogP contribution in [-0.2, 0) is 16.1 Å². The molecule has 4 N–H and O–H groups in total. The van der Waals surface area contributed by atoms with Gasteiger partial charge in [0.25, 0.3) is 0 Å². The number of aromatic amines is 1. The molecular weight excluding hydrogens is 208 g/mol. The minimum absolute atomic E-state index is 0.169. The summed E-state index contributed by atoms with van der Waals surface area (Å²) >= 11 is 0. The predicted molar refractivity (Wildman–Crippen MR) is 59.6 cm³/mol. The second-order valence-electron chi connectivity index (χ2n) is 3.63. The maximum atomic E-state index is 11.5. The highest BCUT2D eigenvalue weighted by atomic mass is 16.5. The van der Waals surface area contributed by atoms with Gasteiger partial charge in [0, 0.05) is 31.5 Å². The molecule has 1 rings (SSSR count). The molecule has 6 heteroatoms. The molecular formula is C10H18N4O2. The Morgan fingerprint density at radius 1 is 1.75 bits per heavy atom. The van der Waals surface area contributed by atoms with Crippen molar-refractivity contribution < 1.29 is 9.53 Å². The summed E-state index contributed by atoms with van der Waals surface area (Å²) in [5, 5.41) is 9.42. The van der Waals surface area contributed by atoms with Crippen LogP contribution in [0.5, 0.6) is 0 Å². The molecule has 0 bridgehead atoms. The van der Waals surface area contributed by atoms with Crippen molar-refractivity contribution in [3.05, 3.63) is 17.5 Å². The van der Waals surface area contributed by atoms with Gasteiger partial charge < -0.3 is 15.8 Å². The van der Waals surface area contributed by atoms with Gasteiger partial charge in [0.1, 0.15) is 0 Å². The summed E-state index contributed by atoms with van der Waals surface area (Å²) in [7, 11) is 1.58. The molecule has 6 nitrogen and oxygen atoms in total. The standard InChI is InChI=1S/C10H18N4O2/c1-7-8(6-13-14-7)5-12-10(15)9(11)3-4-16-2/h6,9H,3-5,11H2,1-2H3,(H,12,15)(H,13,14). The lowest BCUT2D eigenvalue weighted by Gasteiger charge is -2.11. The lowest BCUT2D eigenvalue weighted by Crippen LogP contribution is -2.40. The van der Waals surface area contributed by atoms with Crippen LogP contribution in [0.25, 0.3) is 0 Å². The Kier molecular flexibility index (Phi) is 4.94. The Morgan fingerprint density at radius 3 is 3.06 bits per heavy atom. The summed E-state index contributed by atoms with van der Waals surface area (Å²) in [6.07, 6.45) is 2.21. The summed E-state index contributed by atoms with van der Waals surface area (Å²) in [6, 6.07) is -0.521. The summed E-state index contributed by atoms with van der Waals surface area (Å²) in [4.78, 5) is 11.5. The van der Waals surface area contributed by atoms with Crippen molar-refractivity contribution in [1.29, 1.82) is 0 Å². The molecule has 1 aromatic heterocycles. The number of nitrogens with one attached hydrogen (secondary N) is 2. The van der Waals surface area contributed by atoms with Crippen molar-refractivity contribution in [2.45, 2.75) is 25.9 Å². The minimum atomic E-state index is -0.521. The van der Waals surface area contributed by atoms with Gasteiger partial charge >= 0.3 is 0 Å². The van der Waals surface area contributed by atoms with Gasteiger partial charge in [-0.15, -0.1) is 0 Å². The number of nitrogens with zero attached hydrogens (tertiary/aromatic N) is 1. The van der Waals surface area contributed by atoms with E-state index in [4.69, 9.17) is 10.5 Å². The van der Waals surface area contributed by atoms with Gasteiger partial charge in [0.05, 0.1) is 12.2 Å². The fraction of sp³-hybridized carbons (Fsp3) is 0.600. The molecule has 0 aliphatic carbocycles. The van der Waals surface area contributed by atoms with Crippen molar-refractivity contribution in [3.63, 3.8) is 0 Å². The molecule has 1 aromatic rings. The fourth-order valence-corrected chi connectivity index (χ4v) is 1.24. The number of methoxy groups -OCH3 is 1. The predicted octanol–water partition coefficient (Wildman–Crippen LogP) is -0.302. The first kappa shape index (κ1) is 12.7. The molecule has 0 spiro atoms. The third kappa shape index (κ3) is 3.63. The molecule has 0 radical (unpaired) electrons. The van der Waals surface area contributed by atoms with Gasteiger partial charge in [-0.1, -0.05) is 0 Å². The first-order valence-electron chi connectivity index (χ1n) is 5.16. The van der Waals surface area contributed by atoms with Gasteiger partial charge in [0.15, 0.2) is 0 Å². The number of aromatic nitrogens is 2. The number of hydrogen-bond acceptors (Lipinski definition) is 4. The quantitative estimate of drug-likeness (QED) is 0.620. The molecule has 90 valence electrons. The van der Waals surface area contributed by atoms with Crippen molar-refractivity contribution in [2.24, 2.45) is 5.73 Å². The van der Waals surface area contributed by atoms with Crippen LogP contribution < -0.4 is 11.1 Å². The number of ether oxygens (including phenoxy) is 1. The maximum Gasteiger partial charge on any atom is 0.237 e. The number of carbonyl (C=O) groups is 1. The van der Waals surface area contributed by atoms with E-state index in [1.54, 1.807) is 13.3 Å². The summed E-state index contributed by atoms with van der Waals surface area (Å²) in [5.74, 6) is -0.169. The zero-order valence-corrected chi connectivity index (χ0v) is 9.62. The highest BCUT2D eigenvalue weighted by Crippen LogP contribution is 2.01. The lowest BCUT2D eigenvalue weighted by atomic mass is 10.2. The number of H-pyrrole nitrogens is 1. The van der Waals surface area contributed by atoms with Crippen LogP contribution >= 0.6 is 0 Å². The van der Waals surface area contributed by atoms with Crippen LogP contribution in [0.4, 0.5) is 0 Å². The van der Waals surface area contributed by atoms with E-state index in [9.17, 15) is 4.79 Å². The van der Waals surface area contributed by atoms with Crippen LogP contribution in [0.15, 0.2) is 6.20 Å². The molecule has 1 amide bonds. The monoisotopic (exact) mass is 226 g/mol. The van der Waals surface area contributed by atoms with Gasteiger partial charge in [-0.2, -0.15) is 5.10 Å². The Morgan fingerprint density at radius 2 is 2.50 bits per heavy atom. The van der Waals surface area contributed by atoms with Gasteiger partial charge in [-0.3, -0.25) is 9.89 Å². The molecule has 1 atom stereocenters. The van der Waals surface area contributed by atoms with Crippen LogP contribution in [-0.4, -0.2) is 35.9 Å². The van der Waals surface area contributed by atoms with Crippen LogP contribution in [0.3, 0.4) is 0 Å². The van der Waals surface area contributed by atoms with E-state index in [0.29, 0.717) is 19.6 Å². The SMILES string of the molecule is COCCC(N)C(=O)NCc1cn[nH]c1C. The molecule has 0 fully saturated rings. The molecule has 16 heavy (non-hydrogen) atoms. The Labute approximate surface area is 94.5 Å². The fourth-order valence-electron chi connectivity index (χ4n) is 1.24. The first-order valence-corrected chi connectivity index (χ1v) is 5.16. The number of amides is 1. The number of nitrogens with two attached hydrogens (primary N) is 1. The van der Waals surface area contributed by atoms with Crippen molar-refractivity contribution in [3.8, 4) is 0 Å². The van der Waals surface area contributed by atoms with E-state index < -0.39 is 6.04 Å². The number of hydrogen-bond donors (Lipinski definition) is 3. The summed E-state index contributed by atoms with van der Waals surface area (Å²) < 4.78 is 4.86. The topological polar surface area (TPSA) is 93.0 Å². The summed E-state index contributed by atoms with van der Waals surface area (Å²) in [5.41, 5.74) is 7.58. The molecule has 0 aliphatic heterocycles. The van der Waals surface area contributed by atoms with Gasteiger partial charge in [0.2, 0.25) is 5.91 Å². The van der Waals surface area contributed by atoms with Gasteiger partial charge in [-0.05, 0) is 13.3 Å². The Hall–Kier alpha value is -1.40. The average Bonchev–Trinajstić information content (AvgIpc) is 2.68. The molecule has 1 unspecified atom stereocenters. The maximum absolute atomic E-state index is 11.5. The lowest BCUT2D eigenvalue weighted by molar-refractivity contribution is -0.122. The zero-order chi connectivity index (χ0) is 12.0. The molecule has 1 heterocycles. The molecule has 0 aromatic carbocycles. The highest BCUT2D eigenvalue weighted by Gasteiger charge is 2.12. The molecule has 0 aliphatic rings. The van der Waals surface area contributed by atoms with Crippen molar-refractivity contribution in [1.82, 2.24) is 15.5 Å². The van der Waals surface area contributed by atoms with E-state index in [2.05, 4.69) is 15.5 Å². The van der Waals surface area contributed by atoms with E-state index >= 15 is 0 Å². The van der Waals surface area contributed by atoms with E-state index in [1.165, 1.54) is 0 Å². The Balaban J connectivity index is 2.32. The average molecular weight is 226 g/mol. The summed E-state index contributed by atoms with van der Waals surface area (Å²) in [6.45, 7) is 2.83. The zero-order valence-electron chi connectivity index (χ0n) is 9.62. The van der Waals surface area contributed by atoms with Crippen LogP contribution in [0.1, 0.15) is 17.7 Å². The highest BCUT2D eigenvalue weighted by molar-refractivity contribution is 5.81. The third-order valence-corrected chi connectivity index (χ3v) is 2.36. The second kappa shape index (κ2) is 6.24. The molecule has 0 saturated heterocycles. The van der Waals surface area contributed by atoms with Gasteiger partial charge in [-0.25, -0.2) is 0 Å². The van der Waals surface area contributed by atoms with Crippen molar-refractivity contribution >= 4 is 5.91 Å². The number of rotatable bonds is 6. The molecule has 0 saturated carbocycles. The smallest absolute Gasteiger partial charge is 0.237 e. The van der Waals surface area contributed by atoms with Crippen LogP contribution in [0, 0.1) is 6.92 Å². The number of aryl methyl sites for hydroxylation is 1. The van der Waals surface area contributed by atoms with E-state index in [1.807, 2.05) is 6.92 Å². The van der Waals surface area contributed by atoms with E-state index in [0.717, 1.165) is 11.3 Å². The second-order valence-corrected chi connectivity index (χ2v) is 3.63. The Bertz CT molecular complexity index is 337. The third-order valence-electron chi connectivity index (χ3n) is 2.36. The minimum Gasteiger partial charge on any atom is -0.385 e. The number of carbonyl (C=O) groups excluding carboxylic acids is 1.